The lowest BCUT2D eigenvalue weighted by Crippen LogP contribution is -2.51. The zero-order valence-electron chi connectivity index (χ0n) is 50.6. The Morgan fingerprint density at radius 2 is 0.408 bits per heavy atom. The lowest BCUT2D eigenvalue weighted by atomic mass is 9.59. The molecule has 24 aliphatic heterocycles. The molecule has 24 heterocycles. The molecule has 0 N–H and O–H groups in total. The first-order valence-corrected chi connectivity index (χ1v) is 41.3. The number of sulfone groups is 2. The number of hydrogen-bond acceptors (Lipinski definition) is 32. The van der Waals surface area contributed by atoms with E-state index in [-0.39, 0.29) is 93.5 Å². The molecule has 24 atom stereocenters. The number of rotatable bonds is 0. The van der Waals surface area contributed by atoms with Crippen molar-refractivity contribution in [1.29, 1.82) is 0 Å². The van der Waals surface area contributed by atoms with Gasteiger partial charge in [-0.05, 0) is 38.5 Å². The molecule has 0 aromatic rings. The molecule has 21 saturated heterocycles. The molecule has 98 heavy (non-hydrogen) atoms. The Labute approximate surface area is 561 Å². The van der Waals surface area contributed by atoms with Gasteiger partial charge in [-0.25, -0.2) is 16.8 Å². The van der Waals surface area contributed by atoms with Crippen LogP contribution in [0.1, 0.15) is 38.5 Å². The van der Waals surface area contributed by atoms with E-state index in [0.29, 0.717) is 12.8 Å². The van der Waals surface area contributed by atoms with E-state index in [4.69, 9.17) is 52.1 Å². The highest BCUT2D eigenvalue weighted by atomic mass is 32.2. The quantitative estimate of drug-likeness (QED) is 0.0947. The minimum absolute atomic E-state index is 0.184. The van der Waals surface area contributed by atoms with Crippen LogP contribution in [0.5, 0.6) is 0 Å². The van der Waals surface area contributed by atoms with E-state index in [1.807, 2.05) is 0 Å². The summed E-state index contributed by atoms with van der Waals surface area (Å²) in [6.45, 7) is 0. The Balaban J connectivity index is 0.0000000824. The van der Waals surface area contributed by atoms with Crippen molar-refractivity contribution in [2.45, 2.75) is 112 Å². The highest BCUT2D eigenvalue weighted by Gasteiger charge is 2.90. The largest absolute Gasteiger partial charge is 0.392 e. The van der Waals surface area contributed by atoms with Crippen molar-refractivity contribution in [3.8, 4) is 0 Å². The van der Waals surface area contributed by atoms with Crippen LogP contribution in [0.4, 0.5) is 0 Å². The summed E-state index contributed by atoms with van der Waals surface area (Å²) in [6, 6.07) is 0. The lowest BCUT2D eigenvalue weighted by molar-refractivity contribution is -0.161. The van der Waals surface area contributed by atoms with Gasteiger partial charge >= 0.3 is 71.6 Å². The normalized spacial score (nSPS) is 55.8. The molecule has 24 rings (SSSR count). The number of hydrogen-bond donors (Lipinski definition) is 0. The summed E-state index contributed by atoms with van der Waals surface area (Å²) in [5.74, 6) is -6.76. The fourth-order valence-corrected chi connectivity index (χ4v) is 36.7. The number of cyclic esters (lactones) is 12. The first-order valence-electron chi connectivity index (χ1n) is 31.7. The molecule has 0 aromatic heterocycles. The van der Waals surface area contributed by atoms with Crippen LogP contribution in [-0.4, -0.2) is 248 Å². The fourth-order valence-electron chi connectivity index (χ4n) is 22.7. The SMILES string of the molecule is O=C1OC(=O)C23CS(=O)(=O)CC12C1C=CC3O1.O=C1OC(=O)C23CS(=O)(=O)CC12C1CCC3O1.O=C1OC(=O)C23CS(=O)CC12C1C=CC3O1.O=C1OC(=O)C23CS(=O)CC12C1C=CC3O1.O=C1OC(=O)C23CS(=O)CC12C1CCC3O1.O=C1OC(=O)C23CS(=O)CC12C1CCC3O1. The molecule has 32 nitrogen and oxygen atoms in total. The molecule has 522 valence electrons. The van der Waals surface area contributed by atoms with Gasteiger partial charge in [0.15, 0.2) is 19.7 Å². The maximum atomic E-state index is 12.0. The van der Waals surface area contributed by atoms with Crippen molar-refractivity contribution in [2.75, 3.05) is 69.0 Å². The van der Waals surface area contributed by atoms with Crippen LogP contribution >= 0.6 is 0 Å². The Bertz CT molecular complexity index is 4090. The van der Waals surface area contributed by atoms with Crippen LogP contribution in [0.25, 0.3) is 0 Å². The third-order valence-electron chi connectivity index (χ3n) is 26.7. The average molecular weight is 1480 g/mol. The maximum absolute atomic E-state index is 12.0. The summed E-state index contributed by atoms with van der Waals surface area (Å²) in [5, 5.41) is 0. The van der Waals surface area contributed by atoms with Crippen LogP contribution in [0.3, 0.4) is 0 Å². The van der Waals surface area contributed by atoms with E-state index in [2.05, 4.69) is 4.74 Å². The molecule has 12 bridgehead atoms. The van der Waals surface area contributed by atoms with Crippen LogP contribution in [0, 0.1) is 65.0 Å². The number of ether oxygens (including phenoxy) is 12. The number of carbonyl (C=O) groups excluding carboxylic acids is 12. The zero-order valence-corrected chi connectivity index (χ0v) is 55.5. The Kier molecular flexibility index (Phi) is 12.2. The van der Waals surface area contributed by atoms with Crippen molar-refractivity contribution in [3.05, 3.63) is 36.5 Å². The summed E-state index contributed by atoms with van der Waals surface area (Å²) >= 11 is 0. The maximum Gasteiger partial charge on any atom is 0.325 e. The van der Waals surface area contributed by atoms with E-state index in [1.54, 1.807) is 36.5 Å². The molecular weight excluding hydrogens is 1430 g/mol. The van der Waals surface area contributed by atoms with Crippen LogP contribution in [0.2, 0.25) is 0 Å². The average Bonchev–Trinajstić information content (AvgIpc) is 1.52. The molecule has 0 aliphatic carbocycles. The van der Waals surface area contributed by atoms with Gasteiger partial charge in [0.05, 0.1) is 96.3 Å². The predicted molar refractivity (Wildman–Crippen MR) is 312 cm³/mol. The Morgan fingerprint density at radius 1 is 0.245 bits per heavy atom. The summed E-state index contributed by atoms with van der Waals surface area (Å²) in [5.41, 5.74) is -12.8. The predicted octanol–water partition coefficient (Wildman–Crippen LogP) is -5.14. The van der Waals surface area contributed by atoms with E-state index in [1.165, 1.54) is 0 Å². The van der Waals surface area contributed by atoms with Crippen molar-refractivity contribution >= 4 is 135 Å². The van der Waals surface area contributed by atoms with Gasteiger partial charge in [-0.15, -0.1) is 0 Å². The minimum atomic E-state index is -3.42. The summed E-state index contributed by atoms with van der Waals surface area (Å²) in [7, 11) is -11.3. The third kappa shape index (κ3) is 6.45. The summed E-state index contributed by atoms with van der Waals surface area (Å²) in [6.07, 6.45) is 9.73. The van der Waals surface area contributed by atoms with Gasteiger partial charge in [0.25, 0.3) is 0 Å². The van der Waals surface area contributed by atoms with Crippen LogP contribution in [0.15, 0.2) is 36.5 Å². The topological polar surface area (TPSA) is 452 Å². The van der Waals surface area contributed by atoms with Crippen molar-refractivity contribution in [1.82, 2.24) is 0 Å². The zero-order chi connectivity index (χ0) is 68.6. The standard InChI is InChI=1S/C10H10O6S.C10H8O6S.2C10H10O5S.2C10H8O5S/c2*11-7-9-3-17(13,14)4-10(9,8(12)16-7)6-2-1-5(9)15-6;4*11-7-9-3-16(13)4-10(9,8(12)15-7)6-2-1-5(9)14-6/h5-6H,1-4H2;1-2,5-6H,3-4H2;2*5-6H,1-4H2;2*1-2,5-6H,3-4H2. The lowest BCUT2D eigenvalue weighted by Gasteiger charge is -2.32. The molecule has 24 unspecified atom stereocenters. The second-order valence-corrected chi connectivity index (χ2v) is 39.8. The number of esters is 12. The summed E-state index contributed by atoms with van der Waals surface area (Å²) in [4.78, 5) is 143. The molecule has 24 aliphatic rings. The Hall–Kier alpha value is -5.68. The Morgan fingerprint density at radius 3 is 0.643 bits per heavy atom. The van der Waals surface area contributed by atoms with Gasteiger partial charge in [-0.2, -0.15) is 0 Å². The second-order valence-electron chi connectivity index (χ2n) is 29.9. The molecule has 0 amide bonds. The monoisotopic (exact) mass is 1480 g/mol. The first kappa shape index (κ1) is 63.3. The molecule has 21 fully saturated rings. The fraction of sp³-hybridized carbons (Fsp3) is 0.700. The van der Waals surface area contributed by atoms with E-state index in [0.717, 1.165) is 25.7 Å². The van der Waals surface area contributed by atoms with Gasteiger partial charge in [0.2, 0.25) is 0 Å². The second kappa shape index (κ2) is 18.9. The molecule has 38 heteroatoms. The molecule has 0 aromatic carbocycles. The van der Waals surface area contributed by atoms with E-state index < -0.39 is 248 Å². The van der Waals surface area contributed by atoms with Gasteiger partial charge < -0.3 is 56.8 Å². The van der Waals surface area contributed by atoms with Gasteiger partial charge in [-0.3, -0.25) is 74.4 Å². The van der Waals surface area contributed by atoms with Gasteiger partial charge in [-0.1, -0.05) is 36.5 Å². The van der Waals surface area contributed by atoms with Crippen molar-refractivity contribution < 1.29 is 148 Å². The highest BCUT2D eigenvalue weighted by Crippen LogP contribution is 2.73. The third-order valence-corrected chi connectivity index (χ3v) is 36.5. The number of carbonyl (C=O) groups is 12. The number of fused-ring (bicyclic) bond motifs is 12. The van der Waals surface area contributed by atoms with Crippen LogP contribution < -0.4 is 0 Å². The molecular formula is C60H54O32S6. The summed E-state index contributed by atoms with van der Waals surface area (Å²) < 4.78 is 157. The molecule has 0 spiro atoms. The van der Waals surface area contributed by atoms with E-state index >= 15 is 0 Å². The van der Waals surface area contributed by atoms with Crippen molar-refractivity contribution in [3.63, 3.8) is 0 Å². The van der Waals surface area contributed by atoms with Gasteiger partial charge in [0, 0.05) is 89.2 Å². The minimum Gasteiger partial charge on any atom is -0.392 e. The van der Waals surface area contributed by atoms with Gasteiger partial charge in [0.1, 0.15) is 65.0 Å². The van der Waals surface area contributed by atoms with E-state index in [9.17, 15) is 91.2 Å². The molecule has 0 saturated carbocycles. The molecule has 0 radical (unpaired) electrons. The first-order chi connectivity index (χ1) is 46.3. The van der Waals surface area contributed by atoms with Crippen molar-refractivity contribution in [2.24, 2.45) is 65.0 Å². The van der Waals surface area contributed by atoms with Crippen LogP contribution in [-0.2, 0) is 177 Å². The highest BCUT2D eigenvalue weighted by molar-refractivity contribution is 7.92. The smallest absolute Gasteiger partial charge is 0.325 e.